The summed E-state index contributed by atoms with van der Waals surface area (Å²) in [7, 11) is 0. The molecule has 3 aromatic rings. The number of amides is 2. The largest absolute Gasteiger partial charge is 0.492 e. The maximum absolute atomic E-state index is 12.8. The molecule has 0 atom stereocenters. The van der Waals surface area contributed by atoms with Gasteiger partial charge in [-0.3, -0.25) is 9.59 Å². The minimum absolute atomic E-state index is 0.0756. The fourth-order valence-electron chi connectivity index (χ4n) is 3.05. The molecule has 0 fully saturated rings. The van der Waals surface area contributed by atoms with E-state index in [1.807, 2.05) is 43.3 Å². The van der Waals surface area contributed by atoms with Crippen LogP contribution >= 0.6 is 0 Å². The molecule has 172 valence electrons. The van der Waals surface area contributed by atoms with Crippen molar-refractivity contribution in [3.63, 3.8) is 0 Å². The molecule has 33 heavy (non-hydrogen) atoms. The van der Waals surface area contributed by atoms with Gasteiger partial charge in [0.2, 0.25) is 0 Å². The summed E-state index contributed by atoms with van der Waals surface area (Å²) in [4.78, 5) is 25.4. The number of ether oxygens (including phenoxy) is 1. The quantitative estimate of drug-likeness (QED) is 0.383. The molecule has 6 heteroatoms. The molecule has 6 nitrogen and oxygen atoms in total. The number of nitrogens with one attached hydrogen (secondary N) is 2. The van der Waals surface area contributed by atoms with E-state index in [2.05, 4.69) is 31.4 Å². The molecular formula is C27H30N2O4. The van der Waals surface area contributed by atoms with Crippen LogP contribution in [-0.4, -0.2) is 25.0 Å². The number of hydrogen-bond acceptors (Lipinski definition) is 4. The minimum Gasteiger partial charge on any atom is -0.492 e. The monoisotopic (exact) mass is 446 g/mol. The first-order valence-corrected chi connectivity index (χ1v) is 10.9. The van der Waals surface area contributed by atoms with E-state index in [4.69, 9.17) is 9.15 Å². The first-order chi connectivity index (χ1) is 15.7. The van der Waals surface area contributed by atoms with Gasteiger partial charge in [-0.2, -0.15) is 0 Å². The highest BCUT2D eigenvalue weighted by Gasteiger charge is 2.16. The third kappa shape index (κ3) is 7.10. The fourth-order valence-corrected chi connectivity index (χ4v) is 3.05. The first kappa shape index (κ1) is 23.9. The van der Waals surface area contributed by atoms with Gasteiger partial charge in [-0.25, -0.2) is 0 Å². The molecule has 0 unspecified atom stereocenters. The molecule has 0 aliphatic rings. The highest BCUT2D eigenvalue weighted by Crippen LogP contribution is 2.24. The number of hydrogen-bond donors (Lipinski definition) is 2. The zero-order chi connectivity index (χ0) is 23.8. The molecule has 0 spiro atoms. The third-order valence-electron chi connectivity index (χ3n) is 5.01. The molecule has 0 radical (unpaired) electrons. The Morgan fingerprint density at radius 2 is 1.70 bits per heavy atom. The van der Waals surface area contributed by atoms with Crippen LogP contribution in [0.15, 0.2) is 77.0 Å². The lowest BCUT2D eigenvalue weighted by molar-refractivity contribution is -0.117. The van der Waals surface area contributed by atoms with Crippen LogP contribution in [0.4, 0.5) is 0 Å². The molecule has 2 aromatic carbocycles. The lowest BCUT2D eigenvalue weighted by Gasteiger charge is -2.19. The normalized spacial score (nSPS) is 11.7. The van der Waals surface area contributed by atoms with Crippen molar-refractivity contribution in [2.75, 3.05) is 13.2 Å². The minimum atomic E-state index is -0.432. The third-order valence-corrected chi connectivity index (χ3v) is 5.01. The maximum Gasteiger partial charge on any atom is 0.268 e. The van der Waals surface area contributed by atoms with Crippen molar-refractivity contribution in [2.45, 2.75) is 33.1 Å². The number of carbonyl (C=O) groups excluding carboxylic acids is 2. The van der Waals surface area contributed by atoms with Crippen molar-refractivity contribution in [3.05, 3.63) is 95.1 Å². The molecule has 0 aliphatic carbocycles. The number of benzene rings is 2. The van der Waals surface area contributed by atoms with E-state index in [1.54, 1.807) is 24.3 Å². The second-order valence-corrected chi connectivity index (χ2v) is 8.77. The summed E-state index contributed by atoms with van der Waals surface area (Å²) >= 11 is 0. The van der Waals surface area contributed by atoms with Crippen molar-refractivity contribution >= 4 is 17.9 Å². The predicted octanol–water partition coefficient (Wildman–Crippen LogP) is 4.85. The van der Waals surface area contributed by atoms with Crippen molar-refractivity contribution < 1.29 is 18.7 Å². The summed E-state index contributed by atoms with van der Waals surface area (Å²) in [6, 6.07) is 18.5. The number of carbonyl (C=O) groups is 2. The molecule has 3 rings (SSSR count). The van der Waals surface area contributed by atoms with Gasteiger partial charge in [-0.1, -0.05) is 50.6 Å². The Kier molecular flexibility index (Phi) is 7.72. The zero-order valence-electron chi connectivity index (χ0n) is 19.5. The molecule has 1 aromatic heterocycles. The Morgan fingerprint density at radius 1 is 1.00 bits per heavy atom. The zero-order valence-corrected chi connectivity index (χ0v) is 19.5. The molecule has 1 heterocycles. The smallest absolute Gasteiger partial charge is 0.268 e. The van der Waals surface area contributed by atoms with Crippen molar-refractivity contribution in [3.8, 4) is 5.75 Å². The van der Waals surface area contributed by atoms with Crippen LogP contribution in [0.1, 0.15) is 48.0 Å². The molecule has 2 N–H and O–H groups in total. The van der Waals surface area contributed by atoms with E-state index in [9.17, 15) is 9.59 Å². The summed E-state index contributed by atoms with van der Waals surface area (Å²) < 4.78 is 11.0. The Bertz CT molecular complexity index is 1090. The second kappa shape index (κ2) is 10.7. The van der Waals surface area contributed by atoms with Gasteiger partial charge in [0.1, 0.15) is 23.8 Å². The van der Waals surface area contributed by atoms with E-state index in [0.29, 0.717) is 17.9 Å². The van der Waals surface area contributed by atoms with Gasteiger partial charge in [0.25, 0.3) is 11.8 Å². The highest BCUT2D eigenvalue weighted by molar-refractivity contribution is 6.05. The Balaban J connectivity index is 1.58. The molecule has 2 amide bonds. The Hall–Kier alpha value is -3.80. The van der Waals surface area contributed by atoms with Gasteiger partial charge in [0, 0.05) is 11.6 Å². The molecule has 0 bridgehead atoms. The summed E-state index contributed by atoms with van der Waals surface area (Å²) in [6.07, 6.45) is 3.00. The average Bonchev–Trinajstić information content (AvgIpc) is 3.29. The first-order valence-electron chi connectivity index (χ1n) is 10.9. The van der Waals surface area contributed by atoms with Crippen LogP contribution < -0.4 is 15.4 Å². The van der Waals surface area contributed by atoms with Crippen molar-refractivity contribution in [1.29, 1.82) is 0 Å². The summed E-state index contributed by atoms with van der Waals surface area (Å²) in [5.74, 6) is 0.382. The van der Waals surface area contributed by atoms with Gasteiger partial charge in [0.15, 0.2) is 0 Å². The van der Waals surface area contributed by atoms with Crippen molar-refractivity contribution in [2.24, 2.45) is 0 Å². The van der Waals surface area contributed by atoms with Gasteiger partial charge in [0.05, 0.1) is 12.8 Å². The van der Waals surface area contributed by atoms with E-state index in [1.165, 1.54) is 17.9 Å². The number of furan rings is 1. The van der Waals surface area contributed by atoms with Crippen LogP contribution in [0.2, 0.25) is 0 Å². The lowest BCUT2D eigenvalue weighted by atomic mass is 9.87. The van der Waals surface area contributed by atoms with E-state index in [0.717, 1.165) is 11.3 Å². The molecule has 0 aliphatic heterocycles. The summed E-state index contributed by atoms with van der Waals surface area (Å²) in [5.41, 5.74) is 2.89. The SMILES string of the molecule is Cc1ccc(C(=O)N/C(=C\c2ccco2)C(=O)NCCOc2ccc(C(C)(C)C)cc2)cc1. The molecular weight excluding hydrogens is 416 g/mol. The van der Waals surface area contributed by atoms with Crippen LogP contribution in [0.25, 0.3) is 6.08 Å². The highest BCUT2D eigenvalue weighted by atomic mass is 16.5. The lowest BCUT2D eigenvalue weighted by Crippen LogP contribution is -2.36. The molecule has 0 saturated heterocycles. The Morgan fingerprint density at radius 3 is 2.30 bits per heavy atom. The van der Waals surface area contributed by atoms with E-state index >= 15 is 0 Å². The van der Waals surface area contributed by atoms with Gasteiger partial charge in [-0.15, -0.1) is 0 Å². The Labute approximate surface area is 194 Å². The van der Waals surface area contributed by atoms with Crippen molar-refractivity contribution in [1.82, 2.24) is 10.6 Å². The fraction of sp³-hybridized carbons (Fsp3) is 0.259. The van der Waals surface area contributed by atoms with Gasteiger partial charge in [-0.05, 0) is 54.3 Å². The van der Waals surface area contributed by atoms with E-state index in [-0.39, 0.29) is 23.6 Å². The van der Waals surface area contributed by atoms with Crippen LogP contribution in [0, 0.1) is 6.92 Å². The second-order valence-electron chi connectivity index (χ2n) is 8.77. The molecule has 0 saturated carbocycles. The van der Waals surface area contributed by atoms with Gasteiger partial charge >= 0.3 is 0 Å². The standard InChI is InChI=1S/C27H30N2O4/c1-19-7-9-20(10-8-19)25(30)29-24(18-23-6-5-16-32-23)26(31)28-15-17-33-22-13-11-21(12-14-22)27(2,3)4/h5-14,16,18H,15,17H2,1-4H3,(H,28,31)(H,29,30)/b24-18-. The summed E-state index contributed by atoms with van der Waals surface area (Å²) in [5, 5.41) is 5.46. The van der Waals surface area contributed by atoms with Gasteiger partial charge < -0.3 is 19.8 Å². The topological polar surface area (TPSA) is 80.6 Å². The predicted molar refractivity (Wildman–Crippen MR) is 129 cm³/mol. The average molecular weight is 447 g/mol. The number of rotatable bonds is 8. The van der Waals surface area contributed by atoms with E-state index < -0.39 is 5.91 Å². The van der Waals surface area contributed by atoms with Crippen LogP contribution in [-0.2, 0) is 10.2 Å². The van der Waals surface area contributed by atoms with Crippen LogP contribution in [0.3, 0.4) is 0 Å². The maximum atomic E-state index is 12.8. The summed E-state index contributed by atoms with van der Waals surface area (Å²) in [6.45, 7) is 8.98. The van der Waals surface area contributed by atoms with Crippen LogP contribution in [0.5, 0.6) is 5.75 Å². The number of aryl methyl sites for hydroxylation is 1.